The average molecular weight is 453 g/mol. The first-order valence-electron chi connectivity index (χ1n) is 10.1. The van der Waals surface area contributed by atoms with Crippen LogP contribution < -0.4 is 5.56 Å². The first-order valence-corrected chi connectivity index (χ1v) is 10.8. The van der Waals surface area contributed by atoms with Crippen LogP contribution in [0, 0.1) is 6.92 Å². The lowest BCUT2D eigenvalue weighted by Crippen LogP contribution is -2.13. The Morgan fingerprint density at radius 3 is 2.55 bits per heavy atom. The highest BCUT2D eigenvalue weighted by Gasteiger charge is 2.20. The number of nitrogens with one attached hydrogen (secondary N) is 1. The molecule has 0 saturated carbocycles. The zero-order valence-corrected chi connectivity index (χ0v) is 19.1. The zero-order valence-electron chi connectivity index (χ0n) is 17.5. The lowest BCUT2D eigenvalue weighted by molar-refractivity contribution is 0.875. The van der Waals surface area contributed by atoms with Crippen molar-refractivity contribution in [3.63, 3.8) is 0 Å². The predicted molar refractivity (Wildman–Crippen MR) is 127 cm³/mol. The molecule has 158 valence electrons. The molecular weight excluding hydrogens is 431 g/mol. The molecule has 2 aromatic carbocycles. The molecule has 0 amide bonds. The lowest BCUT2D eigenvalue weighted by atomic mass is 10.1. The van der Waals surface area contributed by atoms with E-state index in [1.807, 2.05) is 38.1 Å². The maximum absolute atomic E-state index is 13.1. The maximum atomic E-state index is 13.1. The minimum atomic E-state index is -0.239. The molecule has 4 rings (SSSR count). The number of nitrogens with zero attached hydrogens (tertiary/aromatic N) is 3. The summed E-state index contributed by atoms with van der Waals surface area (Å²) in [5.41, 5.74) is 4.54. The fourth-order valence-electron chi connectivity index (χ4n) is 3.48. The van der Waals surface area contributed by atoms with E-state index in [-0.39, 0.29) is 5.56 Å². The van der Waals surface area contributed by atoms with E-state index in [0.29, 0.717) is 44.7 Å². The number of allylic oxidation sites excluding steroid dienone is 1. The lowest BCUT2D eigenvalue weighted by Gasteiger charge is -2.08. The Labute approximate surface area is 190 Å². The number of hydrogen-bond acceptors (Lipinski definition) is 3. The Morgan fingerprint density at radius 1 is 1.16 bits per heavy atom. The molecule has 5 nitrogen and oxygen atoms in total. The molecule has 0 aliphatic rings. The van der Waals surface area contributed by atoms with Crippen molar-refractivity contribution in [2.75, 3.05) is 0 Å². The van der Waals surface area contributed by atoms with Crippen LogP contribution in [-0.2, 0) is 6.42 Å². The largest absolute Gasteiger partial charge is 0.310 e. The van der Waals surface area contributed by atoms with Gasteiger partial charge in [0, 0.05) is 6.42 Å². The molecule has 2 heterocycles. The quantitative estimate of drug-likeness (QED) is 0.396. The molecule has 0 fully saturated rings. The van der Waals surface area contributed by atoms with Crippen molar-refractivity contribution in [1.29, 1.82) is 0 Å². The van der Waals surface area contributed by atoms with Crippen molar-refractivity contribution in [3.05, 3.63) is 91.1 Å². The minimum absolute atomic E-state index is 0.239. The van der Waals surface area contributed by atoms with Gasteiger partial charge in [-0.3, -0.25) is 4.79 Å². The maximum Gasteiger partial charge on any atom is 0.262 e. The van der Waals surface area contributed by atoms with Gasteiger partial charge in [-0.15, -0.1) is 0 Å². The van der Waals surface area contributed by atoms with E-state index in [4.69, 9.17) is 28.2 Å². The molecule has 4 aromatic rings. The van der Waals surface area contributed by atoms with E-state index >= 15 is 0 Å². The van der Waals surface area contributed by atoms with Gasteiger partial charge in [-0.05, 0) is 44.0 Å². The Morgan fingerprint density at radius 2 is 1.87 bits per heavy atom. The van der Waals surface area contributed by atoms with Crippen molar-refractivity contribution in [3.8, 4) is 5.69 Å². The third kappa shape index (κ3) is 4.29. The molecule has 0 bridgehead atoms. The number of benzene rings is 2. The number of aromatic nitrogens is 4. The van der Waals surface area contributed by atoms with E-state index in [1.165, 1.54) is 0 Å². The number of fused-ring (bicyclic) bond motifs is 1. The molecule has 2 aromatic heterocycles. The first kappa shape index (κ1) is 21.3. The van der Waals surface area contributed by atoms with Crippen LogP contribution in [0.2, 0.25) is 10.0 Å². The minimum Gasteiger partial charge on any atom is -0.310 e. The normalized spacial score (nSPS) is 12.0. The fourth-order valence-corrected chi connectivity index (χ4v) is 4.04. The summed E-state index contributed by atoms with van der Waals surface area (Å²) in [7, 11) is 0. The van der Waals surface area contributed by atoms with E-state index in [0.717, 1.165) is 23.1 Å². The molecule has 1 N–H and O–H groups in total. The number of para-hydroxylation sites is 1. The molecule has 0 spiro atoms. The number of halogens is 2. The van der Waals surface area contributed by atoms with Crippen LogP contribution in [0.3, 0.4) is 0 Å². The van der Waals surface area contributed by atoms with Gasteiger partial charge in [-0.1, -0.05) is 71.6 Å². The summed E-state index contributed by atoms with van der Waals surface area (Å²) in [5, 5.41) is 5.96. The Kier molecular flexibility index (Phi) is 5.99. The zero-order chi connectivity index (χ0) is 22.1. The van der Waals surface area contributed by atoms with E-state index in [9.17, 15) is 4.79 Å². The fraction of sp³-hybridized carbons (Fsp3) is 0.208. The van der Waals surface area contributed by atoms with Crippen LogP contribution in [0.25, 0.3) is 22.8 Å². The van der Waals surface area contributed by atoms with Gasteiger partial charge in [0.05, 0.1) is 10.0 Å². The second-order valence-electron chi connectivity index (χ2n) is 7.59. The molecule has 0 unspecified atom stereocenters. The monoisotopic (exact) mass is 452 g/mol. The molecule has 0 saturated heterocycles. The SMILES string of the molecule is CC/C(C)=C/c1nn(-c2c(Cl)cccc2Cl)c2nc(Cc3cccc(C)c3)[nH]c(=O)c12. The van der Waals surface area contributed by atoms with Gasteiger partial charge in [-0.25, -0.2) is 9.67 Å². The predicted octanol–water partition coefficient (Wildman–Crippen LogP) is 6.13. The highest BCUT2D eigenvalue weighted by Crippen LogP contribution is 2.31. The number of aromatic amines is 1. The van der Waals surface area contributed by atoms with Gasteiger partial charge in [-0.2, -0.15) is 5.10 Å². The number of hydrogen-bond donors (Lipinski definition) is 1. The van der Waals surface area contributed by atoms with Gasteiger partial charge in [0.2, 0.25) is 0 Å². The summed E-state index contributed by atoms with van der Waals surface area (Å²) in [6.45, 7) is 6.09. The van der Waals surface area contributed by atoms with Crippen molar-refractivity contribution in [2.24, 2.45) is 0 Å². The van der Waals surface area contributed by atoms with Gasteiger partial charge < -0.3 is 4.98 Å². The smallest absolute Gasteiger partial charge is 0.262 e. The van der Waals surface area contributed by atoms with E-state index < -0.39 is 0 Å². The summed E-state index contributed by atoms with van der Waals surface area (Å²) in [6, 6.07) is 13.4. The van der Waals surface area contributed by atoms with E-state index in [1.54, 1.807) is 22.9 Å². The van der Waals surface area contributed by atoms with Crippen LogP contribution in [-0.4, -0.2) is 19.7 Å². The molecule has 0 atom stereocenters. The van der Waals surface area contributed by atoms with Crippen molar-refractivity contribution >= 4 is 40.3 Å². The van der Waals surface area contributed by atoms with Crippen LogP contribution in [0.15, 0.2) is 52.8 Å². The average Bonchev–Trinajstić information content (AvgIpc) is 3.06. The van der Waals surface area contributed by atoms with Gasteiger partial charge in [0.15, 0.2) is 5.65 Å². The van der Waals surface area contributed by atoms with Crippen LogP contribution in [0.4, 0.5) is 0 Å². The molecular formula is C24H22Cl2N4O. The molecule has 31 heavy (non-hydrogen) atoms. The van der Waals surface area contributed by atoms with Crippen LogP contribution >= 0.6 is 23.2 Å². The second-order valence-corrected chi connectivity index (χ2v) is 8.40. The summed E-state index contributed by atoms with van der Waals surface area (Å²) < 4.78 is 1.57. The molecule has 0 aliphatic heterocycles. The van der Waals surface area contributed by atoms with Gasteiger partial charge >= 0.3 is 0 Å². The summed E-state index contributed by atoms with van der Waals surface area (Å²) in [5.74, 6) is 0.551. The van der Waals surface area contributed by atoms with Crippen LogP contribution in [0.5, 0.6) is 0 Å². The standard InChI is InChI=1S/C24H22Cl2N4O/c1-4-14(2)12-19-21-23(30(29-19)22-17(25)9-6-10-18(22)26)27-20(28-24(21)31)13-16-8-5-7-15(3)11-16/h5-12H,4,13H2,1-3H3,(H,27,28,31)/b14-12+. The number of rotatable bonds is 5. The Bertz CT molecular complexity index is 1350. The Balaban J connectivity index is 1.98. The third-order valence-electron chi connectivity index (χ3n) is 5.16. The highest BCUT2D eigenvalue weighted by molar-refractivity contribution is 6.37. The Hall–Kier alpha value is -2.89. The number of aryl methyl sites for hydroxylation is 1. The summed E-state index contributed by atoms with van der Waals surface area (Å²) >= 11 is 12.9. The summed E-state index contributed by atoms with van der Waals surface area (Å²) in [4.78, 5) is 20.8. The second kappa shape index (κ2) is 8.69. The van der Waals surface area contributed by atoms with Crippen molar-refractivity contribution in [1.82, 2.24) is 19.7 Å². The van der Waals surface area contributed by atoms with E-state index in [2.05, 4.69) is 23.1 Å². The molecule has 0 aliphatic carbocycles. The van der Waals surface area contributed by atoms with Gasteiger partial charge in [0.25, 0.3) is 5.56 Å². The van der Waals surface area contributed by atoms with Crippen molar-refractivity contribution < 1.29 is 0 Å². The topological polar surface area (TPSA) is 63.6 Å². The van der Waals surface area contributed by atoms with Crippen LogP contribution in [0.1, 0.15) is 42.9 Å². The number of H-pyrrole nitrogens is 1. The molecule has 7 heteroatoms. The first-order chi connectivity index (χ1) is 14.9. The van der Waals surface area contributed by atoms with Gasteiger partial charge in [0.1, 0.15) is 22.6 Å². The summed E-state index contributed by atoms with van der Waals surface area (Å²) in [6.07, 6.45) is 3.24. The molecule has 0 radical (unpaired) electrons. The highest BCUT2D eigenvalue weighted by atomic mass is 35.5. The van der Waals surface area contributed by atoms with Crippen molar-refractivity contribution in [2.45, 2.75) is 33.6 Å². The third-order valence-corrected chi connectivity index (χ3v) is 5.77.